The highest BCUT2D eigenvalue weighted by atomic mass is 35.5. The molecule has 2 aromatic carbocycles. The van der Waals surface area contributed by atoms with E-state index < -0.39 is 0 Å². The van der Waals surface area contributed by atoms with E-state index in [4.69, 9.17) is 16.0 Å². The Hall–Kier alpha value is -2.65. The fourth-order valence-electron chi connectivity index (χ4n) is 2.61. The number of nitrogens with zero attached hydrogens (tertiary/aromatic N) is 1. The molecule has 0 atom stereocenters. The molecule has 4 heteroatoms. The Morgan fingerprint density at radius 2 is 1.86 bits per heavy atom. The van der Waals surface area contributed by atoms with E-state index in [2.05, 4.69) is 4.98 Å². The van der Waals surface area contributed by atoms with Gasteiger partial charge in [-0.3, -0.25) is 9.78 Å². The predicted molar refractivity (Wildman–Crippen MR) is 88.2 cm³/mol. The molecule has 0 aliphatic rings. The van der Waals surface area contributed by atoms with E-state index in [1.807, 2.05) is 36.4 Å². The molecule has 4 aromatic rings. The van der Waals surface area contributed by atoms with Crippen molar-refractivity contribution in [3.8, 4) is 11.3 Å². The maximum atomic E-state index is 12.9. The van der Waals surface area contributed by atoms with Gasteiger partial charge in [0.1, 0.15) is 11.8 Å². The van der Waals surface area contributed by atoms with Gasteiger partial charge in [-0.1, -0.05) is 41.9 Å². The number of hydrogen-bond donors (Lipinski definition) is 0. The molecule has 2 heterocycles. The molecule has 0 amide bonds. The molecule has 0 radical (unpaired) electrons. The van der Waals surface area contributed by atoms with Crippen molar-refractivity contribution in [3.05, 3.63) is 76.2 Å². The molecular weight excluding hydrogens is 298 g/mol. The fraction of sp³-hybridized carbons (Fsp3) is 0. The van der Waals surface area contributed by atoms with Crippen LogP contribution in [0.2, 0.25) is 5.02 Å². The van der Waals surface area contributed by atoms with Gasteiger partial charge in [-0.2, -0.15) is 0 Å². The topological polar surface area (TPSA) is 43.1 Å². The largest absolute Gasteiger partial charge is 0.463 e. The number of pyridine rings is 1. The second-order valence-electron chi connectivity index (χ2n) is 5.00. The third kappa shape index (κ3) is 1.98. The van der Waals surface area contributed by atoms with Crippen molar-refractivity contribution in [2.24, 2.45) is 0 Å². The number of hydrogen-bond acceptors (Lipinski definition) is 3. The average Bonchev–Trinajstić information content (AvgIpc) is 2.56. The second kappa shape index (κ2) is 4.97. The average molecular weight is 308 g/mol. The minimum atomic E-state index is -0.0899. The van der Waals surface area contributed by atoms with Gasteiger partial charge in [-0.15, -0.1) is 0 Å². The quantitative estimate of drug-likeness (QED) is 0.480. The highest BCUT2D eigenvalue weighted by molar-refractivity contribution is 6.30. The van der Waals surface area contributed by atoms with Crippen molar-refractivity contribution in [1.29, 1.82) is 0 Å². The van der Waals surface area contributed by atoms with Crippen LogP contribution >= 0.6 is 11.6 Å². The lowest BCUT2D eigenvalue weighted by atomic mass is 10.0. The van der Waals surface area contributed by atoms with Crippen LogP contribution in [0.1, 0.15) is 0 Å². The van der Waals surface area contributed by atoms with E-state index in [-0.39, 0.29) is 5.43 Å². The van der Waals surface area contributed by atoms with E-state index >= 15 is 0 Å². The van der Waals surface area contributed by atoms with Gasteiger partial charge >= 0.3 is 0 Å². The van der Waals surface area contributed by atoms with Gasteiger partial charge in [0.05, 0.1) is 21.7 Å². The Bertz CT molecular complexity index is 1050. The van der Waals surface area contributed by atoms with Crippen LogP contribution in [0.5, 0.6) is 0 Å². The first-order chi connectivity index (χ1) is 10.7. The molecule has 22 heavy (non-hydrogen) atoms. The lowest BCUT2D eigenvalue weighted by molar-refractivity contribution is 0.605. The normalized spacial score (nSPS) is 11.1. The smallest absolute Gasteiger partial charge is 0.202 e. The van der Waals surface area contributed by atoms with Crippen LogP contribution in [0.4, 0.5) is 0 Å². The van der Waals surface area contributed by atoms with Crippen LogP contribution in [0.15, 0.2) is 70.2 Å². The highest BCUT2D eigenvalue weighted by Gasteiger charge is 2.12. The van der Waals surface area contributed by atoms with Gasteiger partial charge in [0.15, 0.2) is 0 Å². The molecule has 4 rings (SSSR count). The number of benzene rings is 2. The van der Waals surface area contributed by atoms with Gasteiger partial charge in [0.25, 0.3) is 0 Å². The standard InChI is InChI=1S/C18H10ClNO2/c19-12-6-7-15(20-9-12)14-10-22-16-8-5-11-3-1-2-4-13(11)17(16)18(14)21/h1-10H. The molecule has 2 aromatic heterocycles. The summed E-state index contributed by atoms with van der Waals surface area (Å²) in [4.78, 5) is 17.1. The Kier molecular flexibility index (Phi) is 2.94. The Morgan fingerprint density at radius 1 is 1.00 bits per heavy atom. The first-order valence-corrected chi connectivity index (χ1v) is 7.17. The first kappa shape index (κ1) is 13.0. The van der Waals surface area contributed by atoms with Gasteiger partial charge in [-0.05, 0) is 29.0 Å². The molecule has 0 saturated carbocycles. The van der Waals surface area contributed by atoms with Crippen LogP contribution in [0, 0.1) is 0 Å². The van der Waals surface area contributed by atoms with Crippen molar-refractivity contribution in [1.82, 2.24) is 4.98 Å². The molecule has 3 nitrogen and oxygen atoms in total. The summed E-state index contributed by atoms with van der Waals surface area (Å²) in [6, 6.07) is 14.9. The Morgan fingerprint density at radius 3 is 2.68 bits per heavy atom. The van der Waals surface area contributed by atoms with Crippen LogP contribution in [-0.2, 0) is 0 Å². The number of fused-ring (bicyclic) bond motifs is 3. The van der Waals surface area contributed by atoms with Crippen molar-refractivity contribution in [2.75, 3.05) is 0 Å². The molecule has 0 saturated heterocycles. The minimum absolute atomic E-state index is 0.0899. The van der Waals surface area contributed by atoms with Crippen molar-refractivity contribution in [2.45, 2.75) is 0 Å². The molecular formula is C18H10ClNO2. The third-order valence-corrected chi connectivity index (χ3v) is 3.89. The van der Waals surface area contributed by atoms with Gasteiger partial charge in [0, 0.05) is 6.20 Å². The number of rotatable bonds is 1. The summed E-state index contributed by atoms with van der Waals surface area (Å²) in [6.07, 6.45) is 2.97. The molecule has 0 aliphatic carbocycles. The molecule has 0 N–H and O–H groups in total. The predicted octanol–water partition coefficient (Wildman–Crippen LogP) is 4.66. The molecule has 0 fully saturated rings. The monoisotopic (exact) mass is 307 g/mol. The third-order valence-electron chi connectivity index (χ3n) is 3.67. The summed E-state index contributed by atoms with van der Waals surface area (Å²) < 4.78 is 5.64. The van der Waals surface area contributed by atoms with Crippen molar-refractivity contribution >= 4 is 33.3 Å². The minimum Gasteiger partial charge on any atom is -0.463 e. The summed E-state index contributed by atoms with van der Waals surface area (Å²) in [5.74, 6) is 0. The zero-order valence-corrected chi connectivity index (χ0v) is 12.2. The molecule has 0 bridgehead atoms. The summed E-state index contributed by atoms with van der Waals surface area (Å²) in [5, 5.41) is 2.99. The van der Waals surface area contributed by atoms with E-state index in [1.54, 1.807) is 12.1 Å². The van der Waals surface area contributed by atoms with Crippen LogP contribution in [0.3, 0.4) is 0 Å². The lowest BCUT2D eigenvalue weighted by Gasteiger charge is -2.05. The van der Waals surface area contributed by atoms with Crippen molar-refractivity contribution in [3.63, 3.8) is 0 Å². The van der Waals surface area contributed by atoms with Crippen LogP contribution in [-0.4, -0.2) is 4.98 Å². The van der Waals surface area contributed by atoms with E-state index in [1.165, 1.54) is 12.5 Å². The lowest BCUT2D eigenvalue weighted by Crippen LogP contribution is -2.06. The number of halogens is 1. The maximum Gasteiger partial charge on any atom is 0.202 e. The maximum absolute atomic E-state index is 12.9. The first-order valence-electron chi connectivity index (χ1n) is 6.79. The van der Waals surface area contributed by atoms with Gasteiger partial charge < -0.3 is 4.42 Å². The van der Waals surface area contributed by atoms with Gasteiger partial charge in [0.2, 0.25) is 5.43 Å². The van der Waals surface area contributed by atoms with Crippen molar-refractivity contribution < 1.29 is 4.42 Å². The molecule has 0 spiro atoms. The Labute approximate surface area is 130 Å². The molecule has 0 aliphatic heterocycles. The molecule has 106 valence electrons. The summed E-state index contributed by atoms with van der Waals surface area (Å²) in [7, 11) is 0. The van der Waals surface area contributed by atoms with E-state index in [0.717, 1.165) is 10.8 Å². The van der Waals surface area contributed by atoms with E-state index in [0.29, 0.717) is 27.2 Å². The summed E-state index contributed by atoms with van der Waals surface area (Å²) >= 11 is 5.85. The Balaban J connectivity index is 2.10. The zero-order chi connectivity index (χ0) is 15.1. The summed E-state index contributed by atoms with van der Waals surface area (Å²) in [6.45, 7) is 0. The zero-order valence-electron chi connectivity index (χ0n) is 11.4. The molecule has 0 unspecified atom stereocenters. The van der Waals surface area contributed by atoms with E-state index in [9.17, 15) is 4.79 Å². The summed E-state index contributed by atoms with van der Waals surface area (Å²) in [5.41, 5.74) is 1.46. The number of aromatic nitrogens is 1. The highest BCUT2D eigenvalue weighted by Crippen LogP contribution is 2.25. The van der Waals surface area contributed by atoms with Crippen LogP contribution in [0.25, 0.3) is 33.0 Å². The SMILES string of the molecule is O=c1c(-c2ccc(Cl)cn2)coc2ccc3ccccc3c12. The van der Waals surface area contributed by atoms with Gasteiger partial charge in [-0.25, -0.2) is 0 Å². The second-order valence-corrected chi connectivity index (χ2v) is 5.44. The fourth-order valence-corrected chi connectivity index (χ4v) is 2.72. The van der Waals surface area contributed by atoms with Crippen LogP contribution < -0.4 is 5.43 Å².